The van der Waals surface area contributed by atoms with Crippen molar-refractivity contribution in [2.45, 2.75) is 19.6 Å². The maximum Gasteiger partial charge on any atom is 0.333 e. The number of benzene rings is 3. The molecule has 0 spiro atoms. The van der Waals surface area contributed by atoms with Crippen molar-refractivity contribution in [1.82, 2.24) is 0 Å². The number of ether oxygens (including phenoxy) is 1. The summed E-state index contributed by atoms with van der Waals surface area (Å²) in [6, 6.07) is 20.1. The minimum Gasteiger partial charge on any atom is -0.459 e. The van der Waals surface area contributed by atoms with Gasteiger partial charge in [-0.15, -0.1) is 0 Å². The van der Waals surface area contributed by atoms with E-state index in [-0.39, 0.29) is 29.4 Å². The first kappa shape index (κ1) is 22.6. The van der Waals surface area contributed by atoms with Gasteiger partial charge in [0.15, 0.2) is 17.6 Å². The predicted molar refractivity (Wildman–Crippen MR) is 119 cm³/mol. The fourth-order valence-electron chi connectivity index (χ4n) is 2.94. The monoisotopic (exact) mass is 430 g/mol. The molecule has 0 aliphatic heterocycles. The van der Waals surface area contributed by atoms with Crippen molar-refractivity contribution in [3.63, 3.8) is 0 Å². The Balaban J connectivity index is 1.77. The zero-order chi connectivity index (χ0) is 23.1. The van der Waals surface area contributed by atoms with Gasteiger partial charge in [-0.1, -0.05) is 60.7 Å². The predicted octanol–water partition coefficient (Wildman–Crippen LogP) is 3.13. The highest BCUT2D eigenvalue weighted by molar-refractivity contribution is 6.16. The number of nitrogens with one attached hydrogen (secondary N) is 1. The number of hydrogen-bond acceptors (Lipinski definition) is 6. The molecule has 1 unspecified atom stereocenters. The summed E-state index contributed by atoms with van der Waals surface area (Å²) in [5, 5.41) is 2.51. The van der Waals surface area contributed by atoms with Gasteiger partial charge in [-0.3, -0.25) is 14.4 Å². The number of hydrogen-bond donors (Lipinski definition) is 2. The molecule has 1 atom stereocenters. The smallest absolute Gasteiger partial charge is 0.333 e. The molecule has 3 aromatic carbocycles. The summed E-state index contributed by atoms with van der Waals surface area (Å²) in [6.45, 7) is 1.36. The van der Waals surface area contributed by atoms with Crippen molar-refractivity contribution in [2.24, 2.45) is 5.73 Å². The second-order valence-electron chi connectivity index (χ2n) is 7.07. The fourth-order valence-corrected chi connectivity index (χ4v) is 2.94. The molecule has 3 N–H and O–H groups in total. The molecule has 0 bridgehead atoms. The molecule has 0 heterocycles. The highest BCUT2D eigenvalue weighted by atomic mass is 16.5. The molecule has 0 aromatic heterocycles. The van der Waals surface area contributed by atoms with Gasteiger partial charge in [-0.2, -0.15) is 0 Å². The van der Waals surface area contributed by atoms with E-state index in [1.54, 1.807) is 54.6 Å². The van der Waals surface area contributed by atoms with E-state index >= 15 is 0 Å². The Kier molecular flexibility index (Phi) is 7.25. The standard InChI is InChI=1S/C25H22N2O5/c1-16(28)19-12-13-21(20(14-19)23(29)18-10-6-3-7-11-18)27-24(30)22(26)25(31)32-15-17-8-4-2-5-9-17/h2-14,22H,15,26H2,1H3,(H,27,30). The van der Waals surface area contributed by atoms with Crippen LogP contribution in [0.15, 0.2) is 78.9 Å². The van der Waals surface area contributed by atoms with Crippen molar-refractivity contribution in [3.8, 4) is 0 Å². The molecule has 7 nitrogen and oxygen atoms in total. The van der Waals surface area contributed by atoms with Gasteiger partial charge in [0.2, 0.25) is 0 Å². The average molecular weight is 430 g/mol. The van der Waals surface area contributed by atoms with Crippen molar-refractivity contribution in [1.29, 1.82) is 0 Å². The van der Waals surface area contributed by atoms with Crippen LogP contribution in [0, 0.1) is 0 Å². The van der Waals surface area contributed by atoms with E-state index < -0.39 is 17.9 Å². The Morgan fingerprint density at radius 1 is 0.875 bits per heavy atom. The Hall–Kier alpha value is -4.10. The van der Waals surface area contributed by atoms with Crippen molar-refractivity contribution < 1.29 is 23.9 Å². The summed E-state index contributed by atoms with van der Waals surface area (Å²) in [5.74, 6) is -2.35. The van der Waals surface area contributed by atoms with E-state index in [0.717, 1.165) is 5.56 Å². The average Bonchev–Trinajstić information content (AvgIpc) is 2.82. The van der Waals surface area contributed by atoms with Gasteiger partial charge >= 0.3 is 5.97 Å². The number of amides is 1. The fraction of sp³-hybridized carbons (Fsp3) is 0.120. The molecular weight excluding hydrogens is 408 g/mol. The lowest BCUT2D eigenvalue weighted by Crippen LogP contribution is -2.43. The number of ketones is 2. The molecule has 0 aliphatic rings. The van der Waals surface area contributed by atoms with Crippen LogP contribution in [0.4, 0.5) is 5.69 Å². The van der Waals surface area contributed by atoms with Gasteiger partial charge in [-0.05, 0) is 30.7 Å². The molecule has 0 fully saturated rings. The first-order chi connectivity index (χ1) is 15.4. The van der Waals surface area contributed by atoms with E-state index in [1.165, 1.54) is 25.1 Å². The molecule has 162 valence electrons. The Bertz CT molecular complexity index is 1140. The zero-order valence-electron chi connectivity index (χ0n) is 17.4. The van der Waals surface area contributed by atoms with Gasteiger partial charge in [0.25, 0.3) is 5.91 Å². The van der Waals surface area contributed by atoms with Crippen LogP contribution in [-0.4, -0.2) is 29.5 Å². The van der Waals surface area contributed by atoms with E-state index in [1.807, 2.05) is 6.07 Å². The summed E-state index contributed by atoms with van der Waals surface area (Å²) >= 11 is 0. The lowest BCUT2D eigenvalue weighted by Gasteiger charge is -2.15. The van der Waals surface area contributed by atoms with Crippen molar-refractivity contribution in [3.05, 3.63) is 101 Å². The van der Waals surface area contributed by atoms with E-state index in [9.17, 15) is 19.2 Å². The topological polar surface area (TPSA) is 116 Å². The van der Waals surface area contributed by atoms with Crippen LogP contribution in [0.25, 0.3) is 0 Å². The highest BCUT2D eigenvalue weighted by Gasteiger charge is 2.26. The maximum atomic E-state index is 13.0. The molecule has 0 aliphatic carbocycles. The van der Waals surface area contributed by atoms with Gasteiger partial charge in [0.05, 0.1) is 5.69 Å². The van der Waals surface area contributed by atoms with E-state index in [4.69, 9.17) is 10.5 Å². The number of nitrogens with two attached hydrogens (primary N) is 1. The molecule has 3 aromatic rings. The summed E-state index contributed by atoms with van der Waals surface area (Å²) in [4.78, 5) is 49.6. The molecule has 1 amide bonds. The van der Waals surface area contributed by atoms with Crippen LogP contribution in [0.2, 0.25) is 0 Å². The quantitative estimate of drug-likeness (QED) is 0.322. The first-order valence-electron chi connectivity index (χ1n) is 9.88. The van der Waals surface area contributed by atoms with Crippen LogP contribution in [0.3, 0.4) is 0 Å². The molecule has 0 radical (unpaired) electrons. The number of anilines is 1. The minimum atomic E-state index is -1.59. The summed E-state index contributed by atoms with van der Waals surface area (Å²) < 4.78 is 5.11. The second kappa shape index (κ2) is 10.3. The third-order valence-corrected chi connectivity index (χ3v) is 4.72. The van der Waals surface area contributed by atoms with Crippen LogP contribution < -0.4 is 11.1 Å². The van der Waals surface area contributed by atoms with Crippen LogP contribution >= 0.6 is 0 Å². The normalized spacial score (nSPS) is 11.3. The highest BCUT2D eigenvalue weighted by Crippen LogP contribution is 2.22. The maximum absolute atomic E-state index is 13.0. The van der Waals surface area contributed by atoms with E-state index in [0.29, 0.717) is 11.1 Å². The molecule has 32 heavy (non-hydrogen) atoms. The SMILES string of the molecule is CC(=O)c1ccc(NC(=O)C(N)C(=O)OCc2ccccc2)c(C(=O)c2ccccc2)c1. The molecule has 3 rings (SSSR count). The van der Waals surface area contributed by atoms with Crippen molar-refractivity contribution >= 4 is 29.1 Å². The number of rotatable bonds is 8. The number of esters is 1. The van der Waals surface area contributed by atoms with Gasteiger partial charge < -0.3 is 15.8 Å². The zero-order valence-corrected chi connectivity index (χ0v) is 17.4. The van der Waals surface area contributed by atoms with Crippen molar-refractivity contribution in [2.75, 3.05) is 5.32 Å². The van der Waals surface area contributed by atoms with Gasteiger partial charge in [-0.25, -0.2) is 4.79 Å². The summed E-state index contributed by atoms with van der Waals surface area (Å²) in [7, 11) is 0. The Morgan fingerprint density at radius 2 is 1.50 bits per heavy atom. The number of carbonyl (C=O) groups excluding carboxylic acids is 4. The van der Waals surface area contributed by atoms with Crippen LogP contribution in [0.5, 0.6) is 0 Å². The second-order valence-corrected chi connectivity index (χ2v) is 7.07. The Labute approximate surface area is 185 Å². The molecule has 7 heteroatoms. The van der Waals surface area contributed by atoms with Crippen LogP contribution in [-0.2, 0) is 20.9 Å². The van der Waals surface area contributed by atoms with Gasteiger partial charge in [0.1, 0.15) is 6.61 Å². The summed E-state index contributed by atoms with van der Waals surface area (Å²) in [6.07, 6.45) is 0. The van der Waals surface area contributed by atoms with Gasteiger partial charge in [0, 0.05) is 16.7 Å². The largest absolute Gasteiger partial charge is 0.459 e. The van der Waals surface area contributed by atoms with Crippen LogP contribution in [0.1, 0.15) is 38.8 Å². The molecule has 0 saturated heterocycles. The lowest BCUT2D eigenvalue weighted by atomic mass is 9.98. The molecule has 0 saturated carbocycles. The third kappa shape index (κ3) is 5.53. The Morgan fingerprint density at radius 3 is 2.12 bits per heavy atom. The number of carbonyl (C=O) groups is 4. The first-order valence-corrected chi connectivity index (χ1v) is 9.88. The minimum absolute atomic E-state index is 0.0221. The number of Topliss-reactive ketones (excluding diaryl/α,β-unsaturated/α-hetero) is 1. The lowest BCUT2D eigenvalue weighted by molar-refractivity contribution is -0.148. The summed E-state index contributed by atoms with van der Waals surface area (Å²) in [5.41, 5.74) is 7.47. The third-order valence-electron chi connectivity index (χ3n) is 4.72. The molecular formula is C25H22N2O5. The van der Waals surface area contributed by atoms with E-state index in [2.05, 4.69) is 5.32 Å².